The lowest BCUT2D eigenvalue weighted by molar-refractivity contribution is 0.352. The van der Waals surface area contributed by atoms with Crippen LogP contribution in [0.2, 0.25) is 0 Å². The lowest BCUT2D eigenvalue weighted by atomic mass is 9.88. The van der Waals surface area contributed by atoms with Gasteiger partial charge in [0.05, 0.1) is 0 Å². The molecule has 124 valence electrons. The first-order valence-corrected chi connectivity index (χ1v) is 10.0. The normalized spacial score (nSPS) is 22.4. The van der Waals surface area contributed by atoms with Crippen LogP contribution in [0.1, 0.15) is 110 Å². The highest BCUT2D eigenvalue weighted by molar-refractivity contribution is 4.88. The Morgan fingerprint density at radius 2 is 1.38 bits per heavy atom. The third-order valence-electron chi connectivity index (χ3n) is 5.32. The molecular weight excluding hydrogens is 252 g/mol. The monoisotopic (exact) mass is 292 g/mol. The number of rotatable bonds is 13. The quantitative estimate of drug-likeness (QED) is 0.241. The van der Waals surface area contributed by atoms with E-state index >= 15 is 0 Å². The third kappa shape index (κ3) is 9.38. The van der Waals surface area contributed by atoms with Gasteiger partial charge in [-0.1, -0.05) is 96.6 Å². The molecule has 1 aliphatic rings. The number of unbranched alkanes of at least 4 members (excludes halogenated alkanes) is 8. The van der Waals surface area contributed by atoms with Crippen LogP contribution < -0.4 is 0 Å². The third-order valence-corrected chi connectivity index (χ3v) is 5.32. The van der Waals surface area contributed by atoms with E-state index in [2.05, 4.69) is 26.0 Å². The Labute approximate surface area is 134 Å². The van der Waals surface area contributed by atoms with Crippen molar-refractivity contribution in [1.29, 1.82) is 0 Å². The van der Waals surface area contributed by atoms with Gasteiger partial charge in [0.25, 0.3) is 0 Å². The van der Waals surface area contributed by atoms with Crippen molar-refractivity contribution in [2.75, 3.05) is 0 Å². The van der Waals surface area contributed by atoms with Crippen LogP contribution in [-0.4, -0.2) is 0 Å². The van der Waals surface area contributed by atoms with Crippen LogP contribution in [0.5, 0.6) is 0 Å². The fourth-order valence-corrected chi connectivity index (χ4v) is 3.89. The molecule has 0 radical (unpaired) electrons. The van der Waals surface area contributed by atoms with E-state index in [1.807, 2.05) is 0 Å². The second kappa shape index (κ2) is 13.4. The van der Waals surface area contributed by atoms with E-state index in [0.717, 1.165) is 11.8 Å². The van der Waals surface area contributed by atoms with Crippen LogP contribution in [0.25, 0.3) is 0 Å². The van der Waals surface area contributed by atoms with Crippen LogP contribution in [0, 0.1) is 11.8 Å². The molecule has 0 nitrogen and oxygen atoms in total. The lowest BCUT2D eigenvalue weighted by Crippen LogP contribution is -2.07. The van der Waals surface area contributed by atoms with Gasteiger partial charge in [-0.15, -0.1) is 0 Å². The van der Waals surface area contributed by atoms with Crippen LogP contribution >= 0.6 is 0 Å². The van der Waals surface area contributed by atoms with Gasteiger partial charge in [0.2, 0.25) is 0 Å². The molecule has 0 aromatic carbocycles. The molecule has 0 bridgehead atoms. The minimum absolute atomic E-state index is 1.02. The topological polar surface area (TPSA) is 0 Å². The maximum absolute atomic E-state index is 2.50. The first kappa shape index (κ1) is 18.8. The zero-order chi connectivity index (χ0) is 15.2. The molecule has 0 N–H and O–H groups in total. The van der Waals surface area contributed by atoms with E-state index in [0.29, 0.717) is 0 Å². The van der Waals surface area contributed by atoms with Gasteiger partial charge in [-0.3, -0.25) is 0 Å². The van der Waals surface area contributed by atoms with Gasteiger partial charge in [-0.05, 0) is 37.5 Å². The van der Waals surface area contributed by atoms with Crippen molar-refractivity contribution in [2.24, 2.45) is 11.8 Å². The van der Waals surface area contributed by atoms with E-state index in [4.69, 9.17) is 0 Å². The SMILES string of the molecule is CCCCCC=CC[C@@H]1CCC[C@H]1CCCCCCCC. The largest absolute Gasteiger partial charge is 0.0885 e. The van der Waals surface area contributed by atoms with Crippen molar-refractivity contribution in [3.8, 4) is 0 Å². The summed E-state index contributed by atoms with van der Waals surface area (Å²) in [6.07, 6.45) is 26.5. The molecular formula is C21H40. The van der Waals surface area contributed by atoms with Crippen LogP contribution in [0.3, 0.4) is 0 Å². The maximum atomic E-state index is 2.50. The van der Waals surface area contributed by atoms with Crippen molar-refractivity contribution in [2.45, 2.75) is 110 Å². The van der Waals surface area contributed by atoms with E-state index in [1.165, 1.54) is 96.3 Å². The summed E-state index contributed by atoms with van der Waals surface area (Å²) in [6, 6.07) is 0. The van der Waals surface area contributed by atoms with Crippen molar-refractivity contribution < 1.29 is 0 Å². The summed E-state index contributed by atoms with van der Waals surface area (Å²) in [6.45, 7) is 4.59. The molecule has 0 aromatic heterocycles. The molecule has 2 atom stereocenters. The Hall–Kier alpha value is -0.260. The Kier molecular flexibility index (Phi) is 12.0. The van der Waals surface area contributed by atoms with Gasteiger partial charge in [0.15, 0.2) is 0 Å². The van der Waals surface area contributed by atoms with Gasteiger partial charge in [0.1, 0.15) is 0 Å². The molecule has 1 rings (SSSR count). The molecule has 1 fully saturated rings. The van der Waals surface area contributed by atoms with Gasteiger partial charge >= 0.3 is 0 Å². The lowest BCUT2D eigenvalue weighted by Gasteiger charge is -2.18. The minimum Gasteiger partial charge on any atom is -0.0885 e. The Morgan fingerprint density at radius 3 is 2.19 bits per heavy atom. The Balaban J connectivity index is 2.05. The molecule has 0 amide bonds. The molecule has 0 saturated heterocycles. The van der Waals surface area contributed by atoms with Gasteiger partial charge in [0, 0.05) is 0 Å². The number of allylic oxidation sites excluding steroid dienone is 2. The van der Waals surface area contributed by atoms with E-state index < -0.39 is 0 Å². The summed E-state index contributed by atoms with van der Waals surface area (Å²) >= 11 is 0. The average Bonchev–Trinajstić information content (AvgIpc) is 2.94. The summed E-state index contributed by atoms with van der Waals surface area (Å²) in [5, 5.41) is 0. The molecule has 21 heavy (non-hydrogen) atoms. The van der Waals surface area contributed by atoms with E-state index in [9.17, 15) is 0 Å². The highest BCUT2D eigenvalue weighted by atomic mass is 14.3. The first-order chi connectivity index (χ1) is 10.4. The zero-order valence-corrected chi connectivity index (χ0v) is 14.9. The van der Waals surface area contributed by atoms with E-state index in [1.54, 1.807) is 0 Å². The van der Waals surface area contributed by atoms with Gasteiger partial charge < -0.3 is 0 Å². The Bertz CT molecular complexity index is 240. The summed E-state index contributed by atoms with van der Waals surface area (Å²) < 4.78 is 0. The molecule has 0 spiro atoms. The predicted octanol–water partition coefficient (Wildman–Crippen LogP) is 7.68. The molecule has 1 saturated carbocycles. The summed E-state index contributed by atoms with van der Waals surface area (Å²) in [7, 11) is 0. The molecule has 0 heteroatoms. The van der Waals surface area contributed by atoms with E-state index in [-0.39, 0.29) is 0 Å². The molecule has 1 aliphatic carbocycles. The highest BCUT2D eigenvalue weighted by Crippen LogP contribution is 2.37. The molecule has 0 heterocycles. The number of hydrogen-bond acceptors (Lipinski definition) is 0. The van der Waals surface area contributed by atoms with Gasteiger partial charge in [-0.25, -0.2) is 0 Å². The highest BCUT2D eigenvalue weighted by Gasteiger charge is 2.25. The molecule has 0 aromatic rings. The van der Waals surface area contributed by atoms with Gasteiger partial charge in [-0.2, -0.15) is 0 Å². The average molecular weight is 293 g/mol. The fourth-order valence-electron chi connectivity index (χ4n) is 3.89. The van der Waals surface area contributed by atoms with Crippen LogP contribution in [-0.2, 0) is 0 Å². The second-order valence-electron chi connectivity index (χ2n) is 7.21. The predicted molar refractivity (Wildman–Crippen MR) is 96.7 cm³/mol. The number of hydrogen-bond donors (Lipinski definition) is 0. The van der Waals surface area contributed by atoms with Crippen LogP contribution in [0.15, 0.2) is 12.2 Å². The van der Waals surface area contributed by atoms with Crippen LogP contribution in [0.4, 0.5) is 0 Å². The minimum atomic E-state index is 1.02. The second-order valence-corrected chi connectivity index (χ2v) is 7.21. The van der Waals surface area contributed by atoms with Crippen molar-refractivity contribution in [3.05, 3.63) is 12.2 Å². The first-order valence-electron chi connectivity index (χ1n) is 10.0. The fraction of sp³-hybridized carbons (Fsp3) is 0.905. The zero-order valence-electron chi connectivity index (χ0n) is 14.9. The summed E-state index contributed by atoms with van der Waals surface area (Å²) in [4.78, 5) is 0. The molecule has 0 unspecified atom stereocenters. The van der Waals surface area contributed by atoms with Crippen molar-refractivity contribution in [3.63, 3.8) is 0 Å². The van der Waals surface area contributed by atoms with Crippen molar-refractivity contribution in [1.82, 2.24) is 0 Å². The standard InChI is InChI=1S/C21H40/c1-3-5-7-9-11-13-16-20-18-15-19-21(20)17-14-12-10-8-6-4-2/h11,13,20-21H,3-10,12,14-19H2,1-2H3/t20-,21-/m1/s1. The Morgan fingerprint density at radius 1 is 0.714 bits per heavy atom. The van der Waals surface area contributed by atoms with Crippen molar-refractivity contribution >= 4 is 0 Å². The summed E-state index contributed by atoms with van der Waals surface area (Å²) in [5.41, 5.74) is 0. The maximum Gasteiger partial charge on any atom is -0.0320 e. The smallest absolute Gasteiger partial charge is 0.0320 e. The molecule has 0 aliphatic heterocycles. The summed E-state index contributed by atoms with van der Waals surface area (Å²) in [5.74, 6) is 2.07.